The highest BCUT2D eigenvalue weighted by Gasteiger charge is 2.46. The molecule has 0 bridgehead atoms. The average molecular weight is 781 g/mol. The number of rotatable bonds is 3. The molecule has 5 aromatic rings. The maximum Gasteiger partial charge on any atom is 0.253 e. The molecule has 2 saturated carbocycles. The summed E-state index contributed by atoms with van der Waals surface area (Å²) < 4.78 is 0. The molecule has 2 spiro atoms. The highest BCUT2D eigenvalue weighted by atomic mass is 35.5. The summed E-state index contributed by atoms with van der Waals surface area (Å²) in [5, 5.41) is 7.10. The Morgan fingerprint density at radius 1 is 0.702 bits per heavy atom. The van der Waals surface area contributed by atoms with E-state index in [-0.39, 0.29) is 22.9 Å². The first-order valence-electron chi connectivity index (χ1n) is 21.0. The van der Waals surface area contributed by atoms with Crippen LogP contribution in [0.3, 0.4) is 0 Å². The molecule has 7 heterocycles. The second-order valence-electron chi connectivity index (χ2n) is 17.9. The van der Waals surface area contributed by atoms with Crippen LogP contribution in [0.2, 0.25) is 5.15 Å². The van der Waals surface area contributed by atoms with Gasteiger partial charge >= 0.3 is 0 Å². The normalized spacial score (nSPS) is 20.9. The maximum atomic E-state index is 13.1. The summed E-state index contributed by atoms with van der Waals surface area (Å²) >= 11 is 6.07. The lowest BCUT2D eigenvalue weighted by molar-refractivity contribution is 0.0783. The van der Waals surface area contributed by atoms with Crippen molar-refractivity contribution in [1.82, 2.24) is 40.4 Å². The quantitative estimate of drug-likeness (QED) is 0.149. The van der Waals surface area contributed by atoms with Gasteiger partial charge in [0.25, 0.3) is 11.8 Å². The van der Waals surface area contributed by atoms with E-state index in [1.165, 1.54) is 40.7 Å². The molecule has 0 unspecified atom stereocenters. The SMILES string of the molecule is CN1CCN(Cc2ccc(-c3cc4c(cn3)CCc3c-4[nH]c4c3C(=O)NC3(CCC3)C4)cc2)CC1.O=C1NC2(CCC2)Cc2[nH]c3c(c21)CCc1cnc(Cl)cc1-3. The maximum absolute atomic E-state index is 13.1. The number of aromatic nitrogens is 4. The Morgan fingerprint density at radius 2 is 1.25 bits per heavy atom. The summed E-state index contributed by atoms with van der Waals surface area (Å²) in [6.45, 7) is 5.55. The van der Waals surface area contributed by atoms with Crippen LogP contribution >= 0.6 is 11.6 Å². The van der Waals surface area contributed by atoms with Crippen molar-refractivity contribution in [2.24, 2.45) is 0 Å². The molecule has 2 amide bonds. The van der Waals surface area contributed by atoms with Gasteiger partial charge in [-0.15, -0.1) is 0 Å². The van der Waals surface area contributed by atoms with Crippen LogP contribution in [0.5, 0.6) is 0 Å². The molecule has 11 heteroatoms. The van der Waals surface area contributed by atoms with Gasteiger partial charge in [0.2, 0.25) is 0 Å². The summed E-state index contributed by atoms with van der Waals surface area (Å²) in [6.07, 6.45) is 16.2. The van der Waals surface area contributed by atoms with Crippen molar-refractivity contribution < 1.29 is 9.59 Å². The number of piperazine rings is 1. The summed E-state index contributed by atoms with van der Waals surface area (Å²) in [5.74, 6) is 0.221. The van der Waals surface area contributed by atoms with Gasteiger partial charge < -0.3 is 25.5 Å². The molecule has 1 saturated heterocycles. The number of halogens is 1. The predicted molar refractivity (Wildman–Crippen MR) is 222 cm³/mol. The van der Waals surface area contributed by atoms with Crippen LogP contribution in [0.15, 0.2) is 48.8 Å². The van der Waals surface area contributed by atoms with Gasteiger partial charge in [0.05, 0.1) is 28.2 Å². The van der Waals surface area contributed by atoms with Crippen molar-refractivity contribution in [3.8, 4) is 33.8 Å². The molecular formula is C46H49ClN8O2. The van der Waals surface area contributed by atoms with Crippen LogP contribution in [0, 0.1) is 0 Å². The van der Waals surface area contributed by atoms with E-state index in [9.17, 15) is 9.59 Å². The number of hydrogen-bond acceptors (Lipinski definition) is 6. The number of amides is 2. The highest BCUT2D eigenvalue weighted by Crippen LogP contribution is 2.45. The fourth-order valence-corrected chi connectivity index (χ4v) is 10.8. The van der Waals surface area contributed by atoms with E-state index < -0.39 is 0 Å². The molecule has 4 aliphatic carbocycles. The second kappa shape index (κ2) is 13.4. The second-order valence-corrected chi connectivity index (χ2v) is 18.2. The highest BCUT2D eigenvalue weighted by molar-refractivity contribution is 6.29. The summed E-state index contributed by atoms with van der Waals surface area (Å²) in [7, 11) is 2.20. The molecule has 4 N–H and O–H groups in total. The first-order valence-corrected chi connectivity index (χ1v) is 21.4. The predicted octanol–water partition coefficient (Wildman–Crippen LogP) is 6.84. The van der Waals surface area contributed by atoms with E-state index in [0.29, 0.717) is 5.15 Å². The first-order chi connectivity index (χ1) is 27.7. The van der Waals surface area contributed by atoms with Crippen LogP contribution in [-0.2, 0) is 45.1 Å². The first kappa shape index (κ1) is 35.4. The number of benzene rings is 1. The molecule has 3 aliphatic heterocycles. The Hall–Kier alpha value is -4.77. The van der Waals surface area contributed by atoms with Gasteiger partial charge in [-0.25, -0.2) is 4.98 Å². The Kier molecular flexibility index (Phi) is 8.32. The van der Waals surface area contributed by atoms with Gasteiger partial charge in [0.1, 0.15) is 5.15 Å². The minimum Gasteiger partial charge on any atom is -0.357 e. The van der Waals surface area contributed by atoms with Crippen LogP contribution in [0.4, 0.5) is 0 Å². The standard InChI is InChI=1S/C29H33N5O.C17H16ClN3O/c1-33-11-13-34(14-12-33)18-19-3-5-20(6-4-19)24-15-23-21(17-30-24)7-8-22-26-25(31-27(22)23)16-29(9-2-10-29)32-28(26)35;18-13-6-11-9(8-19-13)2-3-10-14-12(20-15(10)11)7-17(4-1-5-17)21-16(14)22/h3-6,15,17,31H,2,7-14,16,18H2,1H3,(H,32,35);6,8,20H,1-5,7H2,(H,21,22). The molecule has 7 aliphatic rings. The van der Waals surface area contributed by atoms with Crippen LogP contribution in [0.25, 0.3) is 33.8 Å². The summed E-state index contributed by atoms with van der Waals surface area (Å²) in [5.41, 5.74) is 16.9. The number of nitrogens with zero attached hydrogens (tertiary/aromatic N) is 4. The molecular weight excluding hydrogens is 732 g/mol. The number of H-pyrrole nitrogens is 2. The summed E-state index contributed by atoms with van der Waals surface area (Å²) in [4.78, 5) is 46.9. The van der Waals surface area contributed by atoms with Crippen LogP contribution in [0.1, 0.15) is 98.4 Å². The molecule has 1 aromatic carbocycles. The Bertz CT molecular complexity index is 2450. The molecule has 0 atom stereocenters. The Labute approximate surface area is 338 Å². The molecule has 292 valence electrons. The third-order valence-electron chi connectivity index (χ3n) is 14.2. The largest absolute Gasteiger partial charge is 0.357 e. The van der Waals surface area contributed by atoms with E-state index >= 15 is 0 Å². The van der Waals surface area contributed by atoms with Gasteiger partial charge in [-0.05, 0) is 111 Å². The van der Waals surface area contributed by atoms with E-state index in [1.54, 1.807) is 0 Å². The van der Waals surface area contributed by atoms with Gasteiger partial charge in [-0.1, -0.05) is 35.9 Å². The lowest BCUT2D eigenvalue weighted by atomic mass is 9.71. The lowest BCUT2D eigenvalue weighted by Crippen LogP contribution is -2.58. The Balaban J connectivity index is 0.000000146. The lowest BCUT2D eigenvalue weighted by Gasteiger charge is -2.45. The molecule has 12 rings (SSSR count). The van der Waals surface area contributed by atoms with Crippen molar-refractivity contribution in [3.63, 3.8) is 0 Å². The van der Waals surface area contributed by atoms with Gasteiger partial charge in [0, 0.05) is 97.1 Å². The number of aromatic amines is 2. The number of carbonyl (C=O) groups excluding carboxylic acids is 2. The van der Waals surface area contributed by atoms with Crippen molar-refractivity contribution in [2.75, 3.05) is 33.2 Å². The number of carbonyl (C=O) groups is 2. The zero-order chi connectivity index (χ0) is 38.5. The Morgan fingerprint density at radius 3 is 1.79 bits per heavy atom. The average Bonchev–Trinajstić information content (AvgIpc) is 3.77. The van der Waals surface area contributed by atoms with Crippen molar-refractivity contribution >= 4 is 23.4 Å². The number of nitrogens with one attached hydrogen (secondary N) is 4. The van der Waals surface area contributed by atoms with Gasteiger partial charge in [-0.2, -0.15) is 0 Å². The van der Waals surface area contributed by atoms with Crippen molar-refractivity contribution in [2.45, 2.75) is 94.7 Å². The zero-order valence-corrected chi connectivity index (χ0v) is 33.4. The van der Waals surface area contributed by atoms with Crippen LogP contribution in [-0.4, -0.2) is 85.9 Å². The zero-order valence-electron chi connectivity index (χ0n) is 32.6. The van der Waals surface area contributed by atoms with Gasteiger partial charge in [0.15, 0.2) is 0 Å². The van der Waals surface area contributed by atoms with Gasteiger partial charge in [-0.3, -0.25) is 19.5 Å². The number of fused-ring (bicyclic) bond motifs is 10. The minimum absolute atomic E-state index is 0.00433. The number of aryl methyl sites for hydroxylation is 2. The smallest absolute Gasteiger partial charge is 0.253 e. The fraction of sp³-hybridized carbons (Fsp3) is 0.435. The summed E-state index contributed by atoms with van der Waals surface area (Å²) in [6, 6.07) is 13.0. The fourth-order valence-electron chi connectivity index (χ4n) is 10.7. The van der Waals surface area contributed by atoms with Crippen LogP contribution < -0.4 is 10.6 Å². The van der Waals surface area contributed by atoms with E-state index in [1.807, 2.05) is 18.5 Å². The monoisotopic (exact) mass is 780 g/mol. The third kappa shape index (κ3) is 6.05. The molecule has 4 aromatic heterocycles. The third-order valence-corrected chi connectivity index (χ3v) is 14.5. The topological polar surface area (TPSA) is 122 Å². The molecule has 3 fully saturated rings. The molecule has 10 nitrogen and oxygen atoms in total. The molecule has 0 radical (unpaired) electrons. The van der Waals surface area contributed by atoms with Crippen molar-refractivity contribution in [1.29, 1.82) is 0 Å². The number of hydrogen-bond donors (Lipinski definition) is 4. The number of pyridine rings is 2. The number of likely N-dealkylation sites (N-methyl/N-ethyl adjacent to an activating group) is 1. The minimum atomic E-state index is -0.00433. The van der Waals surface area contributed by atoms with E-state index in [0.717, 1.165) is 153 Å². The van der Waals surface area contributed by atoms with E-state index in [2.05, 4.69) is 72.8 Å². The van der Waals surface area contributed by atoms with E-state index in [4.69, 9.17) is 16.6 Å². The molecule has 57 heavy (non-hydrogen) atoms. The van der Waals surface area contributed by atoms with Crippen molar-refractivity contribution in [3.05, 3.63) is 104 Å².